The van der Waals surface area contributed by atoms with Gasteiger partial charge in [0.1, 0.15) is 5.65 Å². The van der Waals surface area contributed by atoms with Gasteiger partial charge in [-0.2, -0.15) is 0 Å². The van der Waals surface area contributed by atoms with E-state index in [4.69, 9.17) is 0 Å². The minimum Gasteiger partial charge on any atom is -0.361 e. The number of hydrogen-bond acceptors (Lipinski definition) is 5. The van der Waals surface area contributed by atoms with Crippen LogP contribution in [0.15, 0.2) is 29.2 Å². The topological polar surface area (TPSA) is 89.5 Å². The average Bonchev–Trinajstić information content (AvgIpc) is 2.60. The molecule has 0 unspecified atom stereocenters. The van der Waals surface area contributed by atoms with Gasteiger partial charge in [-0.1, -0.05) is 6.07 Å². The van der Waals surface area contributed by atoms with Crippen LogP contribution in [0.5, 0.6) is 0 Å². The summed E-state index contributed by atoms with van der Waals surface area (Å²) in [5.41, 5.74) is -0.499. The lowest BCUT2D eigenvalue weighted by molar-refractivity contribution is -0.385. The molecule has 2 aromatic rings. The lowest BCUT2D eigenvalue weighted by atomic mass is 9.48. The summed E-state index contributed by atoms with van der Waals surface area (Å²) in [6.07, 6.45) is 9.13. The zero-order chi connectivity index (χ0) is 18.8. The SMILES string of the molecule is C[C@H](Nc1nc2ccccn2c(=O)c1[N+](=O)[O-])C12CC3CC(CC(C3)C1)C2. The van der Waals surface area contributed by atoms with Crippen molar-refractivity contribution in [2.45, 2.75) is 51.5 Å². The summed E-state index contributed by atoms with van der Waals surface area (Å²) >= 11 is 0. The van der Waals surface area contributed by atoms with Gasteiger partial charge in [0.05, 0.1) is 4.92 Å². The minimum atomic E-state index is -0.634. The van der Waals surface area contributed by atoms with E-state index >= 15 is 0 Å². The molecule has 0 spiro atoms. The Balaban J connectivity index is 1.54. The number of aromatic nitrogens is 2. The predicted octanol–water partition coefficient (Wildman–Crippen LogP) is 3.62. The van der Waals surface area contributed by atoms with Gasteiger partial charge >= 0.3 is 11.2 Å². The first kappa shape index (κ1) is 16.7. The normalized spacial score (nSPS) is 32.6. The molecule has 0 radical (unpaired) electrons. The highest BCUT2D eigenvalue weighted by Crippen LogP contribution is 2.61. The molecule has 4 saturated carbocycles. The van der Waals surface area contributed by atoms with Gasteiger partial charge in [-0.3, -0.25) is 19.3 Å². The van der Waals surface area contributed by atoms with Gasteiger partial charge in [0, 0.05) is 12.2 Å². The van der Waals surface area contributed by atoms with Crippen molar-refractivity contribution in [2.24, 2.45) is 23.2 Å². The van der Waals surface area contributed by atoms with Crippen LogP contribution in [0.25, 0.3) is 5.65 Å². The summed E-state index contributed by atoms with van der Waals surface area (Å²) in [4.78, 5) is 28.1. The van der Waals surface area contributed by atoms with Crippen LogP contribution in [0, 0.1) is 33.3 Å². The van der Waals surface area contributed by atoms with Gasteiger partial charge in [0.15, 0.2) is 0 Å². The van der Waals surface area contributed by atoms with Crippen LogP contribution in [0.2, 0.25) is 0 Å². The van der Waals surface area contributed by atoms with E-state index in [1.165, 1.54) is 49.1 Å². The monoisotopic (exact) mass is 368 g/mol. The van der Waals surface area contributed by atoms with Crippen molar-refractivity contribution >= 4 is 17.2 Å². The number of anilines is 1. The molecule has 4 bridgehead atoms. The third kappa shape index (κ3) is 2.55. The molecular formula is C20H24N4O3. The maximum atomic E-state index is 12.7. The van der Waals surface area contributed by atoms with E-state index in [0.29, 0.717) is 5.65 Å². The van der Waals surface area contributed by atoms with Gasteiger partial charge in [-0.15, -0.1) is 0 Å². The number of pyridine rings is 1. The number of nitrogens with one attached hydrogen (secondary N) is 1. The van der Waals surface area contributed by atoms with Crippen molar-refractivity contribution in [1.29, 1.82) is 0 Å². The molecule has 4 aliphatic rings. The predicted molar refractivity (Wildman–Crippen MR) is 102 cm³/mol. The number of hydrogen-bond donors (Lipinski definition) is 1. The number of fused-ring (bicyclic) bond motifs is 1. The Morgan fingerprint density at radius 1 is 1.22 bits per heavy atom. The van der Waals surface area contributed by atoms with Crippen molar-refractivity contribution in [3.05, 3.63) is 44.9 Å². The highest BCUT2D eigenvalue weighted by molar-refractivity contribution is 5.60. The Hall–Kier alpha value is -2.44. The van der Waals surface area contributed by atoms with Crippen molar-refractivity contribution in [3.63, 3.8) is 0 Å². The van der Waals surface area contributed by atoms with Crippen LogP contribution in [0.4, 0.5) is 11.5 Å². The van der Waals surface area contributed by atoms with E-state index in [0.717, 1.165) is 17.8 Å². The van der Waals surface area contributed by atoms with Gasteiger partial charge < -0.3 is 5.32 Å². The van der Waals surface area contributed by atoms with Crippen LogP contribution in [-0.2, 0) is 0 Å². The highest BCUT2D eigenvalue weighted by Gasteiger charge is 2.53. The zero-order valence-electron chi connectivity index (χ0n) is 15.4. The van der Waals surface area contributed by atoms with Crippen LogP contribution >= 0.6 is 0 Å². The molecular weight excluding hydrogens is 344 g/mol. The van der Waals surface area contributed by atoms with E-state index in [9.17, 15) is 14.9 Å². The molecule has 0 aliphatic heterocycles. The van der Waals surface area contributed by atoms with Crippen molar-refractivity contribution in [3.8, 4) is 0 Å². The van der Waals surface area contributed by atoms with Crippen molar-refractivity contribution < 1.29 is 4.92 Å². The summed E-state index contributed by atoms with van der Waals surface area (Å²) in [7, 11) is 0. The van der Waals surface area contributed by atoms with Gasteiger partial charge in [-0.25, -0.2) is 4.98 Å². The van der Waals surface area contributed by atoms with E-state index in [1.807, 2.05) is 0 Å². The molecule has 4 aliphatic carbocycles. The molecule has 2 heterocycles. The minimum absolute atomic E-state index is 0.0580. The zero-order valence-corrected chi connectivity index (χ0v) is 15.4. The summed E-state index contributed by atoms with van der Waals surface area (Å²) in [5, 5.41) is 14.9. The molecule has 2 aromatic heterocycles. The third-order valence-electron chi connectivity index (χ3n) is 7.25. The molecule has 0 saturated heterocycles. The van der Waals surface area contributed by atoms with E-state index in [-0.39, 0.29) is 17.3 Å². The first-order chi connectivity index (χ1) is 12.9. The molecule has 27 heavy (non-hydrogen) atoms. The Morgan fingerprint density at radius 3 is 2.44 bits per heavy atom. The van der Waals surface area contributed by atoms with Crippen LogP contribution in [-0.4, -0.2) is 20.3 Å². The fraction of sp³-hybridized carbons (Fsp3) is 0.600. The largest absolute Gasteiger partial charge is 0.376 e. The van der Waals surface area contributed by atoms with Gasteiger partial charge in [0.2, 0.25) is 5.82 Å². The second kappa shape index (κ2) is 5.78. The van der Waals surface area contributed by atoms with Crippen molar-refractivity contribution in [1.82, 2.24) is 9.38 Å². The highest BCUT2D eigenvalue weighted by atomic mass is 16.6. The summed E-state index contributed by atoms with van der Waals surface area (Å²) in [6.45, 7) is 2.12. The standard InChI is InChI=1S/C20H24N4O3/c1-12(20-9-13-6-14(10-20)8-15(7-13)11-20)21-18-17(24(26)27)19(25)23-5-3-2-4-16(23)22-18/h2-5,12-15,21H,6-11H2,1H3/t12-,13?,14?,15?,20?/m0/s1. The van der Waals surface area contributed by atoms with Gasteiger partial charge in [-0.05, 0) is 80.8 Å². The molecule has 1 atom stereocenters. The molecule has 4 fully saturated rings. The number of nitro groups is 1. The molecule has 0 aromatic carbocycles. The Kier molecular flexibility index (Phi) is 3.58. The molecule has 7 heteroatoms. The summed E-state index contributed by atoms with van der Waals surface area (Å²) in [5.74, 6) is 2.50. The lowest BCUT2D eigenvalue weighted by Gasteiger charge is -2.59. The van der Waals surface area contributed by atoms with Crippen LogP contribution < -0.4 is 10.9 Å². The molecule has 0 amide bonds. The lowest BCUT2D eigenvalue weighted by Crippen LogP contribution is -2.53. The van der Waals surface area contributed by atoms with E-state index < -0.39 is 16.2 Å². The average molecular weight is 368 g/mol. The molecule has 1 N–H and O–H groups in total. The maximum absolute atomic E-state index is 12.7. The van der Waals surface area contributed by atoms with E-state index in [2.05, 4.69) is 17.2 Å². The smallest absolute Gasteiger partial charge is 0.361 e. The van der Waals surface area contributed by atoms with Crippen LogP contribution in [0.3, 0.4) is 0 Å². The van der Waals surface area contributed by atoms with Gasteiger partial charge in [0.25, 0.3) is 0 Å². The second-order valence-electron chi connectivity index (χ2n) is 8.95. The number of nitrogens with zero attached hydrogens (tertiary/aromatic N) is 3. The Bertz CT molecular complexity index is 948. The summed E-state index contributed by atoms with van der Waals surface area (Å²) in [6, 6.07) is 5.21. The Morgan fingerprint density at radius 2 is 1.85 bits per heavy atom. The van der Waals surface area contributed by atoms with E-state index in [1.54, 1.807) is 18.2 Å². The summed E-state index contributed by atoms with van der Waals surface area (Å²) < 4.78 is 1.23. The fourth-order valence-corrected chi connectivity index (χ4v) is 6.41. The third-order valence-corrected chi connectivity index (χ3v) is 7.25. The maximum Gasteiger partial charge on any atom is 0.376 e. The molecule has 7 nitrogen and oxygen atoms in total. The first-order valence-corrected chi connectivity index (χ1v) is 9.87. The second-order valence-corrected chi connectivity index (χ2v) is 8.95. The fourth-order valence-electron chi connectivity index (χ4n) is 6.41. The Labute approximate surface area is 157 Å². The first-order valence-electron chi connectivity index (χ1n) is 9.87. The van der Waals surface area contributed by atoms with Crippen LogP contribution in [0.1, 0.15) is 45.4 Å². The van der Waals surface area contributed by atoms with Crippen molar-refractivity contribution in [2.75, 3.05) is 5.32 Å². The molecule has 142 valence electrons. The number of rotatable bonds is 4. The quantitative estimate of drug-likeness (QED) is 0.658. The molecule has 6 rings (SSSR count).